The summed E-state index contributed by atoms with van der Waals surface area (Å²) in [5, 5.41) is 6.77. The molecule has 0 bridgehead atoms. The van der Waals surface area contributed by atoms with Gasteiger partial charge in [0.1, 0.15) is 0 Å². The lowest BCUT2D eigenvalue weighted by Crippen LogP contribution is -2.45. The predicted molar refractivity (Wildman–Crippen MR) is 94.7 cm³/mol. The molecule has 0 aromatic heterocycles. The van der Waals surface area contributed by atoms with E-state index < -0.39 is 0 Å². The monoisotopic (exact) mass is 321 g/mol. The van der Waals surface area contributed by atoms with Crippen molar-refractivity contribution < 1.29 is 4.74 Å². The summed E-state index contributed by atoms with van der Waals surface area (Å²) in [6.45, 7) is 2.40. The van der Waals surface area contributed by atoms with Crippen molar-refractivity contribution in [2.24, 2.45) is 4.99 Å². The Morgan fingerprint density at radius 2 is 1.95 bits per heavy atom. The van der Waals surface area contributed by atoms with Crippen LogP contribution in [0, 0.1) is 0 Å². The molecule has 0 unspecified atom stereocenters. The van der Waals surface area contributed by atoms with Crippen LogP contribution in [0.4, 0.5) is 0 Å². The van der Waals surface area contributed by atoms with Gasteiger partial charge in [-0.1, -0.05) is 31.0 Å². The lowest BCUT2D eigenvalue weighted by molar-refractivity contribution is 0.203. The first kappa shape index (κ1) is 17.2. The van der Waals surface area contributed by atoms with Gasteiger partial charge in [0.05, 0.1) is 6.61 Å². The Hall–Kier alpha value is -1.20. The molecule has 0 aliphatic heterocycles. The van der Waals surface area contributed by atoms with Gasteiger partial charge in [-0.25, -0.2) is 0 Å². The minimum absolute atomic E-state index is 0.278. The number of rotatable bonds is 7. The van der Waals surface area contributed by atoms with E-state index in [1.54, 1.807) is 7.11 Å². The maximum Gasteiger partial charge on any atom is 0.191 e. The average molecular weight is 321 g/mol. The quantitative estimate of drug-likeness (QED) is 0.460. The minimum atomic E-state index is 0.278. The first-order valence-corrected chi connectivity index (χ1v) is 8.77. The Balaban J connectivity index is 1.91. The summed E-state index contributed by atoms with van der Waals surface area (Å²) in [5.41, 5.74) is 0. The molecule has 2 rings (SSSR count). The molecule has 0 atom stereocenters. The lowest BCUT2D eigenvalue weighted by Gasteiger charge is -2.29. The molecule has 1 aliphatic carbocycles. The number of methoxy groups -OCH3 is 1. The Bertz CT molecular complexity index is 458. The van der Waals surface area contributed by atoms with E-state index in [0.29, 0.717) is 6.61 Å². The molecule has 0 amide bonds. The molecule has 22 heavy (non-hydrogen) atoms. The number of hydrogen-bond acceptors (Lipinski definition) is 3. The molecule has 122 valence electrons. The smallest absolute Gasteiger partial charge is 0.191 e. The van der Waals surface area contributed by atoms with E-state index in [-0.39, 0.29) is 4.75 Å². The number of hydrogen-bond donors (Lipinski definition) is 2. The topological polar surface area (TPSA) is 45.7 Å². The first-order valence-electron chi connectivity index (χ1n) is 7.95. The van der Waals surface area contributed by atoms with Gasteiger partial charge < -0.3 is 15.4 Å². The van der Waals surface area contributed by atoms with E-state index in [9.17, 15) is 0 Å². The van der Waals surface area contributed by atoms with Crippen molar-refractivity contribution >= 4 is 17.7 Å². The van der Waals surface area contributed by atoms with Crippen LogP contribution in [0.15, 0.2) is 40.2 Å². The standard InChI is InChI=1S/C17H27N3OS/c1-18-16(19-12-13-21-2)20-14-17(10-6-7-11-17)22-15-8-4-3-5-9-15/h3-5,8-9H,6-7,10-14H2,1-2H3,(H2,18,19,20). The number of benzene rings is 1. The third-order valence-corrected chi connectivity index (χ3v) is 5.49. The molecular weight excluding hydrogens is 294 g/mol. The van der Waals surface area contributed by atoms with E-state index in [2.05, 4.69) is 46.0 Å². The summed E-state index contributed by atoms with van der Waals surface area (Å²) in [5.74, 6) is 0.858. The Morgan fingerprint density at radius 3 is 2.59 bits per heavy atom. The number of guanidine groups is 1. The molecule has 1 aliphatic rings. The molecule has 4 nitrogen and oxygen atoms in total. The minimum Gasteiger partial charge on any atom is -0.383 e. The highest BCUT2D eigenvalue weighted by molar-refractivity contribution is 8.00. The van der Waals surface area contributed by atoms with Crippen molar-refractivity contribution in [3.63, 3.8) is 0 Å². The van der Waals surface area contributed by atoms with Gasteiger partial charge in [0, 0.05) is 36.9 Å². The van der Waals surface area contributed by atoms with Crippen molar-refractivity contribution in [2.45, 2.75) is 35.3 Å². The van der Waals surface area contributed by atoms with Crippen LogP contribution < -0.4 is 10.6 Å². The fraction of sp³-hybridized carbons (Fsp3) is 0.588. The number of thioether (sulfide) groups is 1. The molecule has 1 aromatic carbocycles. The van der Waals surface area contributed by atoms with Gasteiger partial charge in [-0.05, 0) is 25.0 Å². The summed E-state index contributed by atoms with van der Waals surface area (Å²) in [4.78, 5) is 5.64. The molecule has 1 saturated carbocycles. The number of nitrogens with zero attached hydrogens (tertiary/aromatic N) is 1. The largest absolute Gasteiger partial charge is 0.383 e. The van der Waals surface area contributed by atoms with Crippen molar-refractivity contribution in [1.82, 2.24) is 10.6 Å². The van der Waals surface area contributed by atoms with Crippen LogP contribution in [0.25, 0.3) is 0 Å². The molecule has 5 heteroatoms. The van der Waals surface area contributed by atoms with Gasteiger partial charge in [-0.2, -0.15) is 0 Å². The van der Waals surface area contributed by atoms with E-state index in [4.69, 9.17) is 4.74 Å². The average Bonchev–Trinajstić information content (AvgIpc) is 3.00. The van der Waals surface area contributed by atoms with Crippen LogP contribution in [0.3, 0.4) is 0 Å². The Labute approximate surface area is 138 Å². The van der Waals surface area contributed by atoms with Gasteiger partial charge in [0.2, 0.25) is 0 Å². The maximum absolute atomic E-state index is 5.06. The highest BCUT2D eigenvalue weighted by Gasteiger charge is 2.35. The van der Waals surface area contributed by atoms with Gasteiger partial charge in [0.25, 0.3) is 0 Å². The summed E-state index contributed by atoms with van der Waals surface area (Å²) >= 11 is 2.01. The zero-order chi connectivity index (χ0) is 15.7. The summed E-state index contributed by atoms with van der Waals surface area (Å²) in [6.07, 6.45) is 5.15. The molecular formula is C17H27N3OS. The summed E-state index contributed by atoms with van der Waals surface area (Å²) in [6, 6.07) is 10.7. The van der Waals surface area contributed by atoms with E-state index >= 15 is 0 Å². The summed E-state index contributed by atoms with van der Waals surface area (Å²) in [7, 11) is 3.52. The molecule has 0 saturated heterocycles. The zero-order valence-corrected chi connectivity index (χ0v) is 14.4. The van der Waals surface area contributed by atoms with Crippen molar-refractivity contribution in [1.29, 1.82) is 0 Å². The van der Waals surface area contributed by atoms with Crippen LogP contribution in [-0.4, -0.2) is 44.6 Å². The van der Waals surface area contributed by atoms with Crippen molar-refractivity contribution in [3.05, 3.63) is 30.3 Å². The molecule has 2 N–H and O–H groups in total. The van der Waals surface area contributed by atoms with Gasteiger partial charge >= 0.3 is 0 Å². The summed E-state index contributed by atoms with van der Waals surface area (Å²) < 4.78 is 5.34. The van der Waals surface area contributed by atoms with Crippen LogP contribution in [0.2, 0.25) is 0 Å². The van der Waals surface area contributed by atoms with E-state index in [1.807, 2.05) is 18.8 Å². The van der Waals surface area contributed by atoms with Crippen LogP contribution in [0.5, 0.6) is 0 Å². The number of aliphatic imine (C=N–C) groups is 1. The first-order chi connectivity index (χ1) is 10.8. The zero-order valence-electron chi connectivity index (χ0n) is 13.6. The van der Waals surface area contributed by atoms with Gasteiger partial charge in [-0.15, -0.1) is 11.8 Å². The van der Waals surface area contributed by atoms with Crippen LogP contribution >= 0.6 is 11.8 Å². The second-order valence-electron chi connectivity index (χ2n) is 5.65. The lowest BCUT2D eigenvalue weighted by atomic mass is 10.1. The fourth-order valence-corrected chi connectivity index (χ4v) is 4.24. The number of ether oxygens (including phenoxy) is 1. The third kappa shape index (κ3) is 5.21. The van der Waals surface area contributed by atoms with Crippen LogP contribution in [-0.2, 0) is 4.74 Å². The molecule has 1 fully saturated rings. The molecule has 0 spiro atoms. The maximum atomic E-state index is 5.06. The van der Waals surface area contributed by atoms with Crippen molar-refractivity contribution in [3.8, 4) is 0 Å². The second kappa shape index (κ2) is 9.06. The Kier molecular flexibility index (Phi) is 7.06. The predicted octanol–water partition coefficient (Wildman–Crippen LogP) is 2.90. The fourth-order valence-electron chi connectivity index (χ4n) is 2.81. The third-order valence-electron chi connectivity index (χ3n) is 3.99. The van der Waals surface area contributed by atoms with E-state index in [1.165, 1.54) is 30.6 Å². The van der Waals surface area contributed by atoms with Crippen molar-refractivity contribution in [2.75, 3.05) is 33.9 Å². The number of nitrogens with one attached hydrogen (secondary N) is 2. The van der Waals surface area contributed by atoms with Gasteiger partial charge in [-0.3, -0.25) is 4.99 Å². The highest BCUT2D eigenvalue weighted by Crippen LogP contribution is 2.44. The van der Waals surface area contributed by atoms with E-state index in [0.717, 1.165) is 19.0 Å². The Morgan fingerprint density at radius 1 is 1.23 bits per heavy atom. The molecule has 0 heterocycles. The molecule has 0 radical (unpaired) electrons. The second-order valence-corrected chi connectivity index (χ2v) is 7.19. The normalized spacial score (nSPS) is 17.5. The van der Waals surface area contributed by atoms with Crippen LogP contribution in [0.1, 0.15) is 25.7 Å². The SMILES string of the molecule is CN=C(NCCOC)NCC1(Sc2ccccc2)CCCC1. The highest BCUT2D eigenvalue weighted by atomic mass is 32.2. The van der Waals surface area contributed by atoms with Gasteiger partial charge in [0.15, 0.2) is 5.96 Å². The molecule has 1 aromatic rings.